The molecule has 1 amide bonds. The molecule has 6 nitrogen and oxygen atoms in total. The molecule has 17 heavy (non-hydrogen) atoms. The van der Waals surface area contributed by atoms with Crippen molar-refractivity contribution in [1.82, 2.24) is 4.90 Å². The lowest BCUT2D eigenvalue weighted by Gasteiger charge is -2.33. The number of hydrogen-bond donors (Lipinski definition) is 2. The molecule has 6 heteroatoms. The predicted molar refractivity (Wildman–Crippen MR) is 63.8 cm³/mol. The van der Waals surface area contributed by atoms with E-state index in [-0.39, 0.29) is 17.8 Å². The largest absolute Gasteiger partial charge is 0.409 e. The molecular formula is C11H21N3O3. The Hall–Kier alpha value is -1.30. The first kappa shape index (κ1) is 13.8. The van der Waals surface area contributed by atoms with Crippen LogP contribution in [0, 0.1) is 5.92 Å². The van der Waals surface area contributed by atoms with Gasteiger partial charge >= 0.3 is 0 Å². The maximum atomic E-state index is 12.2. The van der Waals surface area contributed by atoms with Crippen LogP contribution in [0.2, 0.25) is 0 Å². The Morgan fingerprint density at radius 2 is 2.18 bits per heavy atom. The van der Waals surface area contributed by atoms with Crippen LogP contribution in [0.1, 0.15) is 26.2 Å². The van der Waals surface area contributed by atoms with Crippen LogP contribution in [-0.2, 0) is 9.53 Å². The van der Waals surface area contributed by atoms with E-state index in [0.29, 0.717) is 19.6 Å². The van der Waals surface area contributed by atoms with Gasteiger partial charge in [0.2, 0.25) is 5.91 Å². The van der Waals surface area contributed by atoms with Crippen LogP contribution in [0.25, 0.3) is 0 Å². The molecule has 1 aliphatic heterocycles. The van der Waals surface area contributed by atoms with Crippen LogP contribution in [0.5, 0.6) is 0 Å². The minimum atomic E-state index is -0.534. The molecule has 0 spiro atoms. The highest BCUT2D eigenvalue weighted by Crippen LogP contribution is 2.16. The van der Waals surface area contributed by atoms with Gasteiger partial charge in [0.1, 0.15) is 0 Å². The lowest BCUT2D eigenvalue weighted by atomic mass is 10.0. The number of ether oxygens (including phenoxy) is 1. The van der Waals surface area contributed by atoms with Crippen LogP contribution >= 0.6 is 0 Å². The number of hydrogen-bond acceptors (Lipinski definition) is 4. The molecule has 1 fully saturated rings. The molecule has 1 atom stereocenters. The van der Waals surface area contributed by atoms with Crippen LogP contribution < -0.4 is 5.73 Å². The first-order valence-corrected chi connectivity index (χ1v) is 5.93. The van der Waals surface area contributed by atoms with Gasteiger partial charge in [-0.05, 0) is 19.3 Å². The zero-order chi connectivity index (χ0) is 12.8. The van der Waals surface area contributed by atoms with Crippen molar-refractivity contribution in [2.45, 2.75) is 32.2 Å². The van der Waals surface area contributed by atoms with Crippen LogP contribution in [0.4, 0.5) is 0 Å². The Morgan fingerprint density at radius 3 is 2.65 bits per heavy atom. The number of amidine groups is 1. The van der Waals surface area contributed by atoms with E-state index in [2.05, 4.69) is 5.16 Å². The molecule has 0 aromatic rings. The Bertz CT molecular complexity index is 288. The molecule has 0 bridgehead atoms. The van der Waals surface area contributed by atoms with Crippen molar-refractivity contribution in [2.24, 2.45) is 16.8 Å². The van der Waals surface area contributed by atoms with Gasteiger partial charge in [-0.2, -0.15) is 0 Å². The number of nitrogens with two attached hydrogens (primary N) is 1. The quantitative estimate of drug-likeness (QED) is 0.324. The van der Waals surface area contributed by atoms with Crippen LogP contribution in [0.3, 0.4) is 0 Å². The lowest BCUT2D eigenvalue weighted by molar-refractivity contribution is -0.136. The van der Waals surface area contributed by atoms with E-state index < -0.39 is 5.92 Å². The molecule has 1 rings (SSSR count). The van der Waals surface area contributed by atoms with Crippen molar-refractivity contribution in [3.05, 3.63) is 0 Å². The van der Waals surface area contributed by atoms with Crippen LogP contribution in [-0.4, -0.2) is 48.2 Å². The molecule has 1 heterocycles. The highest BCUT2D eigenvalue weighted by atomic mass is 16.5. The Balaban J connectivity index is 2.66. The highest BCUT2D eigenvalue weighted by Gasteiger charge is 2.29. The van der Waals surface area contributed by atoms with Crippen molar-refractivity contribution in [3.8, 4) is 0 Å². The van der Waals surface area contributed by atoms with Gasteiger partial charge in [-0.25, -0.2) is 0 Å². The van der Waals surface area contributed by atoms with Crippen molar-refractivity contribution < 1.29 is 14.7 Å². The van der Waals surface area contributed by atoms with Gasteiger partial charge in [0, 0.05) is 26.3 Å². The first-order valence-electron chi connectivity index (χ1n) is 5.93. The Kier molecular flexibility index (Phi) is 5.21. The van der Waals surface area contributed by atoms with Gasteiger partial charge in [-0.15, -0.1) is 0 Å². The van der Waals surface area contributed by atoms with E-state index in [1.54, 1.807) is 11.9 Å². The first-order chi connectivity index (χ1) is 8.11. The van der Waals surface area contributed by atoms with Gasteiger partial charge in [0.25, 0.3) is 0 Å². The van der Waals surface area contributed by atoms with E-state index in [1.807, 2.05) is 6.92 Å². The molecule has 1 saturated heterocycles. The second-order valence-corrected chi connectivity index (χ2v) is 4.28. The fourth-order valence-corrected chi connectivity index (χ4v) is 2.08. The van der Waals surface area contributed by atoms with Crippen molar-refractivity contribution in [3.63, 3.8) is 0 Å². The van der Waals surface area contributed by atoms with Gasteiger partial charge in [0.15, 0.2) is 5.84 Å². The van der Waals surface area contributed by atoms with Crippen molar-refractivity contribution in [2.75, 3.05) is 20.3 Å². The van der Waals surface area contributed by atoms with Gasteiger partial charge in [-0.1, -0.05) is 12.1 Å². The van der Waals surface area contributed by atoms with Crippen molar-refractivity contribution in [1.29, 1.82) is 0 Å². The number of oxime groups is 1. The third kappa shape index (κ3) is 3.33. The second-order valence-electron chi connectivity index (χ2n) is 4.28. The standard InChI is InChI=1S/C11H21N3O3/c1-3-9(10(12)13-16)11(15)14(2)8-4-6-17-7-5-8/h8-9,16H,3-7H2,1-2H3,(H2,12,13). The average Bonchev–Trinajstić information content (AvgIpc) is 2.39. The van der Waals surface area contributed by atoms with E-state index in [0.717, 1.165) is 12.8 Å². The normalized spacial score (nSPS) is 20.0. The minimum Gasteiger partial charge on any atom is -0.409 e. The third-order valence-corrected chi connectivity index (χ3v) is 3.27. The van der Waals surface area contributed by atoms with E-state index in [4.69, 9.17) is 15.7 Å². The predicted octanol–water partition coefficient (Wildman–Crippen LogP) is 0.396. The molecule has 0 aromatic carbocycles. The van der Waals surface area contributed by atoms with Gasteiger partial charge < -0.3 is 20.6 Å². The molecule has 0 aliphatic carbocycles. The molecule has 98 valence electrons. The maximum Gasteiger partial charge on any atom is 0.233 e. The monoisotopic (exact) mass is 243 g/mol. The van der Waals surface area contributed by atoms with E-state index in [1.165, 1.54) is 0 Å². The van der Waals surface area contributed by atoms with Gasteiger partial charge in [0.05, 0.1) is 5.92 Å². The number of rotatable bonds is 4. The second kappa shape index (κ2) is 6.44. The smallest absolute Gasteiger partial charge is 0.233 e. The molecule has 0 radical (unpaired) electrons. The summed E-state index contributed by atoms with van der Waals surface area (Å²) >= 11 is 0. The van der Waals surface area contributed by atoms with E-state index >= 15 is 0 Å². The van der Waals surface area contributed by atoms with Gasteiger partial charge in [-0.3, -0.25) is 4.79 Å². The summed E-state index contributed by atoms with van der Waals surface area (Å²) in [5.41, 5.74) is 5.52. The number of nitrogens with zero attached hydrogens (tertiary/aromatic N) is 2. The summed E-state index contributed by atoms with van der Waals surface area (Å²) in [6.07, 6.45) is 2.21. The SMILES string of the molecule is CCC(C(=O)N(C)C1CCOCC1)C(N)=NO. The third-order valence-electron chi connectivity index (χ3n) is 3.27. The summed E-state index contributed by atoms with van der Waals surface area (Å²) in [6, 6.07) is 0.191. The summed E-state index contributed by atoms with van der Waals surface area (Å²) in [7, 11) is 1.77. The molecular weight excluding hydrogens is 222 g/mol. The number of amides is 1. The summed E-state index contributed by atoms with van der Waals surface area (Å²) in [4.78, 5) is 13.9. The highest BCUT2D eigenvalue weighted by molar-refractivity contribution is 6.02. The molecule has 1 unspecified atom stereocenters. The summed E-state index contributed by atoms with van der Waals surface area (Å²) in [5.74, 6) is -0.640. The molecule has 0 aromatic heterocycles. The lowest BCUT2D eigenvalue weighted by Crippen LogP contribution is -2.46. The Morgan fingerprint density at radius 1 is 1.59 bits per heavy atom. The fraction of sp³-hybridized carbons (Fsp3) is 0.818. The van der Waals surface area contributed by atoms with Crippen molar-refractivity contribution >= 4 is 11.7 Å². The average molecular weight is 243 g/mol. The van der Waals surface area contributed by atoms with E-state index in [9.17, 15) is 4.79 Å². The molecule has 3 N–H and O–H groups in total. The zero-order valence-corrected chi connectivity index (χ0v) is 10.4. The topological polar surface area (TPSA) is 88.2 Å². The number of carbonyl (C=O) groups is 1. The fourth-order valence-electron chi connectivity index (χ4n) is 2.08. The summed E-state index contributed by atoms with van der Waals surface area (Å²) < 4.78 is 5.26. The Labute approximate surface area is 101 Å². The number of carbonyl (C=O) groups excluding carboxylic acids is 1. The minimum absolute atomic E-state index is 0.0172. The molecule has 1 aliphatic rings. The molecule has 0 saturated carbocycles. The van der Waals surface area contributed by atoms with Crippen LogP contribution in [0.15, 0.2) is 5.16 Å². The summed E-state index contributed by atoms with van der Waals surface area (Å²) in [6.45, 7) is 3.21. The maximum absolute atomic E-state index is 12.2. The zero-order valence-electron chi connectivity index (χ0n) is 10.4. The summed E-state index contributed by atoms with van der Waals surface area (Å²) in [5, 5.41) is 11.6.